The molecule has 27 heavy (non-hydrogen) atoms. The number of unbranched alkanes of at least 4 members (excludes halogenated alkanes) is 4. The minimum Gasteiger partial charge on any atom is -0.355 e. The van der Waals surface area contributed by atoms with Crippen LogP contribution in [0.1, 0.15) is 72.1 Å². The van der Waals surface area contributed by atoms with Crippen LogP contribution in [0.4, 0.5) is 0 Å². The average Bonchev–Trinajstić information content (AvgIpc) is 2.66. The predicted octanol–water partition coefficient (Wildman–Crippen LogP) is 3.81. The Morgan fingerprint density at radius 2 is 1.22 bits per heavy atom. The molecule has 2 N–H and O–H groups in total. The first kappa shape index (κ1) is 25.4. The van der Waals surface area contributed by atoms with Crippen LogP contribution in [0.15, 0.2) is 24.3 Å². The predicted molar refractivity (Wildman–Crippen MR) is 115 cm³/mol. The highest BCUT2D eigenvalue weighted by Crippen LogP contribution is 2.01. The molecule has 5 nitrogen and oxygen atoms in total. The first-order valence-electron chi connectivity index (χ1n) is 10.6. The van der Waals surface area contributed by atoms with Crippen LogP contribution in [-0.2, 0) is 9.59 Å². The van der Waals surface area contributed by atoms with Gasteiger partial charge in [-0.1, -0.05) is 31.2 Å². The molecule has 0 aliphatic carbocycles. The third-order valence-electron chi connectivity index (χ3n) is 4.47. The molecule has 0 aromatic carbocycles. The van der Waals surface area contributed by atoms with E-state index in [1.807, 2.05) is 26.0 Å². The van der Waals surface area contributed by atoms with E-state index in [2.05, 4.69) is 34.6 Å². The fraction of sp³-hybridized carbons (Fsp3) is 0.727. The van der Waals surface area contributed by atoms with Crippen LogP contribution in [0.2, 0.25) is 0 Å². The average molecular weight is 380 g/mol. The summed E-state index contributed by atoms with van der Waals surface area (Å²) in [5, 5.41) is 5.98. The Morgan fingerprint density at radius 3 is 1.59 bits per heavy atom. The van der Waals surface area contributed by atoms with Crippen LogP contribution in [-0.4, -0.2) is 49.4 Å². The van der Waals surface area contributed by atoms with Gasteiger partial charge in [-0.2, -0.15) is 0 Å². The van der Waals surface area contributed by atoms with Gasteiger partial charge < -0.3 is 15.5 Å². The molecule has 156 valence electrons. The van der Waals surface area contributed by atoms with Gasteiger partial charge in [-0.3, -0.25) is 9.59 Å². The van der Waals surface area contributed by atoms with E-state index in [0.29, 0.717) is 25.9 Å². The minimum absolute atomic E-state index is 0.137. The molecule has 0 aliphatic rings. The van der Waals surface area contributed by atoms with E-state index in [4.69, 9.17) is 0 Å². The lowest BCUT2D eigenvalue weighted by Gasteiger charge is -2.20. The standard InChI is InChI=1S/C22H41N3O2/c1-4-7-9-11-13-15-21(26)23-17-19-25(6-3)20-18-24-22(27)16-14-12-10-8-5-2/h4-5,7-8H,6,9-20H2,1-3H3,(H,23,26)(H,24,27)/b7-4+,8-5+. The van der Waals surface area contributed by atoms with E-state index in [9.17, 15) is 9.59 Å². The van der Waals surface area contributed by atoms with Crippen LogP contribution < -0.4 is 10.6 Å². The van der Waals surface area contributed by atoms with E-state index in [0.717, 1.165) is 58.2 Å². The monoisotopic (exact) mass is 379 g/mol. The molecule has 0 saturated carbocycles. The van der Waals surface area contributed by atoms with Crippen molar-refractivity contribution in [1.82, 2.24) is 15.5 Å². The lowest BCUT2D eigenvalue weighted by atomic mass is 10.2. The zero-order valence-corrected chi connectivity index (χ0v) is 17.8. The molecular weight excluding hydrogens is 338 g/mol. The Bertz CT molecular complexity index is 395. The number of nitrogens with zero attached hydrogens (tertiary/aromatic N) is 1. The van der Waals surface area contributed by atoms with Gasteiger partial charge in [0.05, 0.1) is 0 Å². The summed E-state index contributed by atoms with van der Waals surface area (Å²) in [5.41, 5.74) is 0. The molecule has 0 saturated heterocycles. The summed E-state index contributed by atoms with van der Waals surface area (Å²) in [4.78, 5) is 25.9. The first-order valence-corrected chi connectivity index (χ1v) is 10.6. The second-order valence-electron chi connectivity index (χ2n) is 6.76. The summed E-state index contributed by atoms with van der Waals surface area (Å²) in [7, 11) is 0. The van der Waals surface area contributed by atoms with Gasteiger partial charge in [-0.05, 0) is 58.9 Å². The maximum atomic E-state index is 11.8. The van der Waals surface area contributed by atoms with Crippen molar-refractivity contribution in [3.8, 4) is 0 Å². The Morgan fingerprint density at radius 1 is 0.778 bits per heavy atom. The third-order valence-corrected chi connectivity index (χ3v) is 4.47. The molecule has 0 heterocycles. The quantitative estimate of drug-likeness (QED) is 0.298. The van der Waals surface area contributed by atoms with Crippen molar-refractivity contribution in [2.24, 2.45) is 0 Å². The number of nitrogens with one attached hydrogen (secondary N) is 2. The van der Waals surface area contributed by atoms with Crippen LogP contribution in [0, 0.1) is 0 Å². The van der Waals surface area contributed by atoms with Gasteiger partial charge in [0.1, 0.15) is 0 Å². The minimum atomic E-state index is 0.137. The summed E-state index contributed by atoms with van der Waals surface area (Å²) in [6.45, 7) is 10.0. The molecule has 2 amide bonds. The van der Waals surface area contributed by atoms with Crippen molar-refractivity contribution in [3.05, 3.63) is 24.3 Å². The summed E-state index contributed by atoms with van der Waals surface area (Å²) >= 11 is 0. The molecule has 5 heteroatoms. The number of hydrogen-bond donors (Lipinski definition) is 2. The Balaban J connectivity index is 3.68. The van der Waals surface area contributed by atoms with Crippen molar-refractivity contribution in [2.45, 2.75) is 72.1 Å². The molecule has 0 rings (SSSR count). The highest BCUT2D eigenvalue weighted by atomic mass is 16.2. The highest BCUT2D eigenvalue weighted by molar-refractivity contribution is 5.76. The molecule has 0 aliphatic heterocycles. The van der Waals surface area contributed by atoms with Crippen LogP contribution in [0.25, 0.3) is 0 Å². The fourth-order valence-corrected chi connectivity index (χ4v) is 2.74. The van der Waals surface area contributed by atoms with Crippen molar-refractivity contribution >= 4 is 11.8 Å². The lowest BCUT2D eigenvalue weighted by molar-refractivity contribution is -0.121. The first-order chi connectivity index (χ1) is 13.1. The molecule has 0 radical (unpaired) electrons. The molecule has 0 fully saturated rings. The smallest absolute Gasteiger partial charge is 0.220 e. The zero-order valence-electron chi connectivity index (χ0n) is 17.8. The highest BCUT2D eigenvalue weighted by Gasteiger charge is 2.06. The SMILES string of the molecule is C/C=C/CCCCC(=O)NCCN(CC)CCNC(=O)CCCC/C=C/C. The van der Waals surface area contributed by atoms with Crippen molar-refractivity contribution in [3.63, 3.8) is 0 Å². The van der Waals surface area contributed by atoms with Gasteiger partial charge in [0.15, 0.2) is 0 Å². The van der Waals surface area contributed by atoms with Crippen LogP contribution in [0.5, 0.6) is 0 Å². The number of hydrogen-bond acceptors (Lipinski definition) is 3. The van der Waals surface area contributed by atoms with E-state index < -0.39 is 0 Å². The van der Waals surface area contributed by atoms with Gasteiger partial charge in [0.25, 0.3) is 0 Å². The largest absolute Gasteiger partial charge is 0.355 e. The number of carbonyl (C=O) groups excluding carboxylic acids is 2. The number of likely N-dealkylation sites (N-methyl/N-ethyl adjacent to an activating group) is 1. The Hall–Kier alpha value is -1.62. The number of amides is 2. The molecular formula is C22H41N3O2. The van der Waals surface area contributed by atoms with Crippen LogP contribution >= 0.6 is 0 Å². The van der Waals surface area contributed by atoms with Crippen LogP contribution in [0.3, 0.4) is 0 Å². The van der Waals surface area contributed by atoms with Gasteiger partial charge in [-0.15, -0.1) is 0 Å². The summed E-state index contributed by atoms with van der Waals surface area (Å²) < 4.78 is 0. The van der Waals surface area contributed by atoms with E-state index in [-0.39, 0.29) is 11.8 Å². The topological polar surface area (TPSA) is 61.4 Å². The number of carbonyl (C=O) groups is 2. The van der Waals surface area contributed by atoms with Crippen molar-refractivity contribution in [2.75, 3.05) is 32.7 Å². The Labute approximate surface area is 166 Å². The van der Waals surface area contributed by atoms with E-state index in [1.165, 1.54) is 0 Å². The third kappa shape index (κ3) is 17.5. The Kier molecular flexibility index (Phi) is 18.0. The molecule has 0 bridgehead atoms. The molecule has 0 atom stereocenters. The molecule has 0 aromatic heterocycles. The van der Waals surface area contributed by atoms with Gasteiger partial charge >= 0.3 is 0 Å². The lowest BCUT2D eigenvalue weighted by Crippen LogP contribution is -2.39. The number of rotatable bonds is 17. The maximum absolute atomic E-state index is 11.8. The fourth-order valence-electron chi connectivity index (χ4n) is 2.74. The normalized spacial score (nSPS) is 11.6. The second kappa shape index (κ2) is 19.2. The van der Waals surface area contributed by atoms with Gasteiger partial charge in [-0.25, -0.2) is 0 Å². The summed E-state index contributed by atoms with van der Waals surface area (Å²) in [5.74, 6) is 0.274. The molecule has 0 aromatic rings. The summed E-state index contributed by atoms with van der Waals surface area (Å²) in [6.07, 6.45) is 15.7. The van der Waals surface area contributed by atoms with E-state index in [1.54, 1.807) is 0 Å². The maximum Gasteiger partial charge on any atom is 0.220 e. The van der Waals surface area contributed by atoms with Crippen molar-refractivity contribution in [1.29, 1.82) is 0 Å². The molecule has 0 spiro atoms. The second-order valence-corrected chi connectivity index (χ2v) is 6.76. The van der Waals surface area contributed by atoms with Gasteiger partial charge in [0, 0.05) is 39.0 Å². The van der Waals surface area contributed by atoms with Crippen molar-refractivity contribution < 1.29 is 9.59 Å². The zero-order chi connectivity index (χ0) is 20.2. The summed E-state index contributed by atoms with van der Waals surface area (Å²) in [6, 6.07) is 0. The molecule has 0 unspecified atom stereocenters. The number of allylic oxidation sites excluding steroid dienone is 4. The van der Waals surface area contributed by atoms with Gasteiger partial charge in [0.2, 0.25) is 11.8 Å². The van der Waals surface area contributed by atoms with E-state index >= 15 is 0 Å².